The highest BCUT2D eigenvalue weighted by Crippen LogP contribution is 2.47. The van der Waals surface area contributed by atoms with Gasteiger partial charge in [-0.2, -0.15) is 0 Å². The van der Waals surface area contributed by atoms with Gasteiger partial charge in [0.1, 0.15) is 0 Å². The fourth-order valence-corrected chi connectivity index (χ4v) is 5.36. The molecule has 1 aliphatic rings. The molecule has 0 spiro atoms. The van der Waals surface area contributed by atoms with Gasteiger partial charge in [-0.05, 0) is 57.8 Å². The van der Waals surface area contributed by atoms with Crippen LogP contribution in [0.5, 0.6) is 0 Å². The average molecular weight is 467 g/mol. The smallest absolute Gasteiger partial charge is 0.228 e. The van der Waals surface area contributed by atoms with Gasteiger partial charge in [-0.25, -0.2) is 0 Å². The number of fused-ring (bicyclic) bond motifs is 3. The molecule has 1 amide bonds. The summed E-state index contributed by atoms with van der Waals surface area (Å²) in [6, 6.07) is 25.4. The third kappa shape index (κ3) is 3.70. The Bertz CT molecular complexity index is 1300. The molecular weight excluding hydrogens is 449 g/mol. The summed E-state index contributed by atoms with van der Waals surface area (Å²) >= 11 is 19.4. The van der Waals surface area contributed by atoms with E-state index < -0.39 is 0 Å². The molecule has 4 aromatic rings. The van der Waals surface area contributed by atoms with Crippen LogP contribution < -0.4 is 4.90 Å². The van der Waals surface area contributed by atoms with E-state index in [0.717, 1.165) is 33.2 Å². The molecule has 1 aliphatic heterocycles. The second-order valence-corrected chi connectivity index (χ2v) is 8.97. The molecule has 0 N–H and O–H groups in total. The minimum Gasteiger partial charge on any atom is -0.308 e. The fraction of sp³-hybridized carbons (Fsp3) is 0.115. The summed E-state index contributed by atoms with van der Waals surface area (Å²) in [4.78, 5) is 15.2. The van der Waals surface area contributed by atoms with Crippen LogP contribution in [0.1, 0.15) is 29.0 Å². The number of carbonyl (C=O) groups excluding carboxylic acids is 1. The fourth-order valence-electron chi connectivity index (χ4n) is 4.49. The quantitative estimate of drug-likeness (QED) is 0.301. The van der Waals surface area contributed by atoms with Crippen LogP contribution in [0.15, 0.2) is 78.9 Å². The number of hydrogen-bond donors (Lipinski definition) is 0. The van der Waals surface area contributed by atoms with Crippen LogP contribution in [0.2, 0.25) is 15.1 Å². The average Bonchev–Trinajstić information content (AvgIpc) is 2.75. The second kappa shape index (κ2) is 8.20. The van der Waals surface area contributed by atoms with E-state index in [9.17, 15) is 4.79 Å². The van der Waals surface area contributed by atoms with Crippen LogP contribution in [0.25, 0.3) is 10.8 Å². The number of hydrogen-bond acceptors (Lipinski definition) is 1. The SMILES string of the molecule is O=C1CC(c2c(Cl)cccc2Cl)c2c(ccc3ccccc23)N1Cc1cccc(Cl)c1. The molecule has 154 valence electrons. The molecule has 1 heterocycles. The molecule has 1 unspecified atom stereocenters. The van der Waals surface area contributed by atoms with Crippen molar-refractivity contribution in [3.05, 3.63) is 111 Å². The molecule has 0 aromatic heterocycles. The van der Waals surface area contributed by atoms with Gasteiger partial charge in [-0.3, -0.25) is 4.79 Å². The summed E-state index contributed by atoms with van der Waals surface area (Å²) in [5.74, 6) is -0.186. The van der Waals surface area contributed by atoms with Crippen molar-refractivity contribution in [2.24, 2.45) is 0 Å². The zero-order chi connectivity index (χ0) is 21.5. The first kappa shape index (κ1) is 20.4. The Morgan fingerprint density at radius 3 is 2.32 bits per heavy atom. The molecular formula is C26H18Cl3NO. The normalized spacial score (nSPS) is 15.9. The van der Waals surface area contributed by atoms with Crippen molar-refractivity contribution in [3.63, 3.8) is 0 Å². The summed E-state index contributed by atoms with van der Waals surface area (Å²) in [7, 11) is 0. The van der Waals surface area contributed by atoms with Crippen molar-refractivity contribution in [1.82, 2.24) is 0 Å². The Balaban J connectivity index is 1.72. The summed E-state index contributed by atoms with van der Waals surface area (Å²) in [5.41, 5.74) is 3.75. The van der Waals surface area contributed by atoms with Crippen LogP contribution >= 0.6 is 34.8 Å². The largest absolute Gasteiger partial charge is 0.308 e. The number of halogens is 3. The van der Waals surface area contributed by atoms with Crippen LogP contribution in [0.3, 0.4) is 0 Å². The molecule has 0 radical (unpaired) electrons. The van der Waals surface area contributed by atoms with Gasteiger partial charge < -0.3 is 4.90 Å². The van der Waals surface area contributed by atoms with E-state index in [0.29, 0.717) is 28.0 Å². The van der Waals surface area contributed by atoms with Gasteiger partial charge in [0.05, 0.1) is 6.54 Å². The van der Waals surface area contributed by atoms with Crippen molar-refractivity contribution in [1.29, 1.82) is 0 Å². The Labute approximate surface area is 196 Å². The van der Waals surface area contributed by atoms with Crippen LogP contribution in [-0.4, -0.2) is 5.91 Å². The first-order valence-corrected chi connectivity index (χ1v) is 11.2. The first-order chi connectivity index (χ1) is 15.0. The molecule has 2 nitrogen and oxygen atoms in total. The summed E-state index contributed by atoms with van der Waals surface area (Å²) < 4.78 is 0. The van der Waals surface area contributed by atoms with Crippen molar-refractivity contribution in [2.75, 3.05) is 4.90 Å². The third-order valence-electron chi connectivity index (χ3n) is 5.84. The maximum atomic E-state index is 13.4. The lowest BCUT2D eigenvalue weighted by Gasteiger charge is -2.36. The van der Waals surface area contributed by atoms with E-state index in [2.05, 4.69) is 18.2 Å². The topological polar surface area (TPSA) is 20.3 Å². The van der Waals surface area contributed by atoms with Gasteiger partial charge in [0.15, 0.2) is 0 Å². The van der Waals surface area contributed by atoms with Gasteiger partial charge in [0.25, 0.3) is 0 Å². The van der Waals surface area contributed by atoms with E-state index in [1.165, 1.54) is 0 Å². The van der Waals surface area contributed by atoms with Crippen molar-refractivity contribution in [2.45, 2.75) is 18.9 Å². The number of carbonyl (C=O) groups is 1. The molecule has 1 atom stereocenters. The van der Waals surface area contributed by atoms with Crippen LogP contribution in [0, 0.1) is 0 Å². The molecule has 5 heteroatoms. The predicted molar refractivity (Wildman–Crippen MR) is 130 cm³/mol. The highest BCUT2D eigenvalue weighted by atomic mass is 35.5. The molecule has 0 fully saturated rings. The zero-order valence-corrected chi connectivity index (χ0v) is 18.8. The minimum absolute atomic E-state index is 0.0312. The number of amides is 1. The van der Waals surface area contributed by atoms with E-state index in [4.69, 9.17) is 34.8 Å². The first-order valence-electron chi connectivity index (χ1n) is 10.0. The van der Waals surface area contributed by atoms with Crippen molar-refractivity contribution in [3.8, 4) is 0 Å². The van der Waals surface area contributed by atoms with E-state index in [1.807, 2.05) is 65.6 Å². The Hall–Kier alpha value is -2.52. The zero-order valence-electron chi connectivity index (χ0n) is 16.5. The van der Waals surface area contributed by atoms with Crippen molar-refractivity contribution >= 4 is 57.2 Å². The third-order valence-corrected chi connectivity index (χ3v) is 6.74. The van der Waals surface area contributed by atoms with Gasteiger partial charge in [-0.1, -0.05) is 83.3 Å². The number of benzene rings is 4. The highest BCUT2D eigenvalue weighted by Gasteiger charge is 2.35. The number of anilines is 1. The second-order valence-electron chi connectivity index (χ2n) is 7.72. The Kier molecular flexibility index (Phi) is 5.39. The molecule has 0 bridgehead atoms. The lowest BCUT2D eigenvalue weighted by Crippen LogP contribution is -2.36. The molecule has 5 rings (SSSR count). The maximum absolute atomic E-state index is 13.4. The lowest BCUT2D eigenvalue weighted by molar-refractivity contribution is -0.119. The number of rotatable bonds is 3. The minimum atomic E-state index is -0.217. The van der Waals surface area contributed by atoms with Crippen LogP contribution in [-0.2, 0) is 11.3 Å². The summed E-state index contributed by atoms with van der Waals surface area (Å²) in [6.45, 7) is 0.452. The van der Waals surface area contributed by atoms with E-state index in [-0.39, 0.29) is 11.8 Å². The summed E-state index contributed by atoms with van der Waals surface area (Å²) in [5, 5.41) is 4.03. The van der Waals surface area contributed by atoms with Crippen LogP contribution in [0.4, 0.5) is 5.69 Å². The monoisotopic (exact) mass is 465 g/mol. The Morgan fingerprint density at radius 2 is 1.55 bits per heavy atom. The molecule has 0 saturated carbocycles. The van der Waals surface area contributed by atoms with Gasteiger partial charge in [0, 0.05) is 33.1 Å². The molecule has 0 saturated heterocycles. The molecule has 31 heavy (non-hydrogen) atoms. The Morgan fingerprint density at radius 1 is 0.806 bits per heavy atom. The summed E-state index contributed by atoms with van der Waals surface area (Å²) in [6.07, 6.45) is 0.297. The molecule has 0 aliphatic carbocycles. The van der Waals surface area contributed by atoms with Gasteiger partial charge >= 0.3 is 0 Å². The van der Waals surface area contributed by atoms with Crippen molar-refractivity contribution < 1.29 is 4.79 Å². The van der Waals surface area contributed by atoms with E-state index in [1.54, 1.807) is 0 Å². The van der Waals surface area contributed by atoms with E-state index >= 15 is 0 Å². The maximum Gasteiger partial charge on any atom is 0.228 e. The molecule has 4 aromatic carbocycles. The highest BCUT2D eigenvalue weighted by molar-refractivity contribution is 6.36. The standard InChI is InChI=1S/C26H18Cl3NO/c27-18-7-3-5-16(13-18)15-30-23-12-11-17-6-1-2-8-19(17)25(23)20(14-24(30)31)26-21(28)9-4-10-22(26)29/h1-13,20H,14-15H2. The van der Waals surface area contributed by atoms with Gasteiger partial charge in [-0.15, -0.1) is 0 Å². The number of nitrogens with zero attached hydrogens (tertiary/aromatic N) is 1. The van der Waals surface area contributed by atoms with Gasteiger partial charge in [0.2, 0.25) is 5.91 Å². The lowest BCUT2D eigenvalue weighted by atomic mass is 9.81. The predicted octanol–water partition coefficient (Wildman–Crippen LogP) is 7.87.